The van der Waals surface area contributed by atoms with Crippen molar-refractivity contribution in [3.8, 4) is 11.5 Å². The van der Waals surface area contributed by atoms with E-state index in [0.717, 1.165) is 14.9 Å². The highest BCUT2D eigenvalue weighted by atomic mass is 79.9. The molecule has 3 rings (SSSR count). The van der Waals surface area contributed by atoms with E-state index in [4.69, 9.17) is 9.47 Å². The van der Waals surface area contributed by atoms with Gasteiger partial charge in [-0.3, -0.25) is 9.69 Å². The number of benzene rings is 2. The first-order valence-electron chi connectivity index (χ1n) is 8.84. The van der Waals surface area contributed by atoms with E-state index in [1.54, 1.807) is 18.2 Å². The van der Waals surface area contributed by atoms with Crippen LogP contribution in [-0.4, -0.2) is 30.5 Å². The first kappa shape index (κ1) is 19.9. The molecule has 0 unspecified atom stereocenters. The normalized spacial score (nSPS) is 15.1. The third kappa shape index (κ3) is 4.36. The topological polar surface area (TPSA) is 67.9 Å². The summed E-state index contributed by atoms with van der Waals surface area (Å²) in [5, 5.41) is 2.55. The second-order valence-electron chi connectivity index (χ2n) is 6.38. The van der Waals surface area contributed by atoms with Gasteiger partial charge in [0.05, 0.1) is 6.61 Å². The summed E-state index contributed by atoms with van der Waals surface area (Å²) >= 11 is 3.51. The van der Waals surface area contributed by atoms with Gasteiger partial charge in [-0.1, -0.05) is 45.8 Å². The SMILES string of the molecule is CCOc1cc(/C=C2/NC(=O)N(C)C2=O)c(Br)cc1OCc1ccc(C)cc1. The van der Waals surface area contributed by atoms with Gasteiger partial charge < -0.3 is 14.8 Å². The van der Waals surface area contributed by atoms with Crippen LogP contribution in [0.1, 0.15) is 23.6 Å². The quantitative estimate of drug-likeness (QED) is 0.533. The Hall–Kier alpha value is -2.80. The number of ether oxygens (including phenoxy) is 2. The standard InChI is InChI=1S/C21H21BrN2O4/c1-4-27-18-10-15(9-17-20(25)24(3)21(26)23-17)16(22)11-19(18)28-12-14-7-5-13(2)6-8-14/h5-11H,4,12H2,1-3H3,(H,23,26)/b17-9+. The fourth-order valence-corrected chi connectivity index (χ4v) is 3.10. The maximum absolute atomic E-state index is 12.1. The van der Waals surface area contributed by atoms with Gasteiger partial charge in [0.25, 0.3) is 5.91 Å². The first-order valence-corrected chi connectivity index (χ1v) is 9.63. The Balaban J connectivity index is 1.86. The van der Waals surface area contributed by atoms with Crippen molar-refractivity contribution in [3.05, 3.63) is 63.3 Å². The number of carbonyl (C=O) groups is 2. The average molecular weight is 445 g/mol. The summed E-state index contributed by atoms with van der Waals surface area (Å²) in [6.07, 6.45) is 1.61. The highest BCUT2D eigenvalue weighted by molar-refractivity contribution is 9.10. The molecule has 0 spiro atoms. The molecule has 1 heterocycles. The smallest absolute Gasteiger partial charge is 0.328 e. The second kappa shape index (κ2) is 8.48. The van der Waals surface area contributed by atoms with Crippen LogP contribution >= 0.6 is 15.9 Å². The number of amides is 3. The van der Waals surface area contributed by atoms with Crippen molar-refractivity contribution in [1.29, 1.82) is 0 Å². The molecule has 6 nitrogen and oxygen atoms in total. The summed E-state index contributed by atoms with van der Waals surface area (Å²) in [5.41, 5.74) is 3.16. The molecular weight excluding hydrogens is 424 g/mol. The molecule has 0 aromatic heterocycles. The van der Waals surface area contributed by atoms with E-state index >= 15 is 0 Å². The van der Waals surface area contributed by atoms with E-state index < -0.39 is 6.03 Å². The molecule has 0 saturated carbocycles. The summed E-state index contributed by atoms with van der Waals surface area (Å²) in [6.45, 7) is 4.81. The molecule has 1 N–H and O–H groups in total. The molecule has 28 heavy (non-hydrogen) atoms. The molecule has 7 heteroatoms. The van der Waals surface area contributed by atoms with Gasteiger partial charge in [0, 0.05) is 11.5 Å². The number of nitrogens with zero attached hydrogens (tertiary/aromatic N) is 1. The molecule has 1 aliphatic rings. The molecule has 146 valence electrons. The van der Waals surface area contributed by atoms with Crippen molar-refractivity contribution < 1.29 is 19.1 Å². The lowest BCUT2D eigenvalue weighted by molar-refractivity contribution is -0.121. The fraction of sp³-hybridized carbons (Fsp3) is 0.238. The molecule has 0 atom stereocenters. The van der Waals surface area contributed by atoms with Crippen LogP contribution in [0.4, 0.5) is 4.79 Å². The molecule has 1 saturated heterocycles. The third-order valence-corrected chi connectivity index (χ3v) is 4.95. The predicted molar refractivity (Wildman–Crippen MR) is 110 cm³/mol. The van der Waals surface area contributed by atoms with Crippen LogP contribution in [0.2, 0.25) is 0 Å². The summed E-state index contributed by atoms with van der Waals surface area (Å²) in [5.74, 6) is 0.777. The van der Waals surface area contributed by atoms with Crippen LogP contribution < -0.4 is 14.8 Å². The monoisotopic (exact) mass is 444 g/mol. The number of aryl methyl sites for hydroxylation is 1. The number of carbonyl (C=O) groups excluding carboxylic acids is 2. The molecule has 1 aliphatic heterocycles. The Labute approximate surface area is 172 Å². The highest BCUT2D eigenvalue weighted by Crippen LogP contribution is 2.35. The summed E-state index contributed by atoms with van der Waals surface area (Å²) in [7, 11) is 1.43. The minimum Gasteiger partial charge on any atom is -0.490 e. The van der Waals surface area contributed by atoms with Crippen LogP contribution in [0, 0.1) is 6.92 Å². The Morgan fingerprint density at radius 3 is 2.39 bits per heavy atom. The van der Waals surface area contributed by atoms with Crippen molar-refractivity contribution in [2.45, 2.75) is 20.5 Å². The van der Waals surface area contributed by atoms with Gasteiger partial charge in [-0.15, -0.1) is 0 Å². The van der Waals surface area contributed by atoms with Gasteiger partial charge in [0.2, 0.25) is 0 Å². The minimum atomic E-state index is -0.449. The molecule has 0 bridgehead atoms. The molecular formula is C21H21BrN2O4. The number of halogens is 1. The van der Waals surface area contributed by atoms with Crippen molar-refractivity contribution in [1.82, 2.24) is 10.2 Å². The van der Waals surface area contributed by atoms with E-state index in [1.807, 2.05) is 38.1 Å². The molecule has 0 aliphatic carbocycles. The summed E-state index contributed by atoms with van der Waals surface area (Å²) < 4.78 is 12.4. The average Bonchev–Trinajstić information content (AvgIpc) is 2.91. The number of imide groups is 1. The van der Waals surface area contributed by atoms with Crippen LogP contribution in [-0.2, 0) is 11.4 Å². The largest absolute Gasteiger partial charge is 0.490 e. The zero-order valence-electron chi connectivity index (χ0n) is 15.9. The van der Waals surface area contributed by atoms with E-state index in [0.29, 0.717) is 30.3 Å². The van der Waals surface area contributed by atoms with Gasteiger partial charge in [0.1, 0.15) is 12.3 Å². The van der Waals surface area contributed by atoms with Crippen LogP contribution in [0.25, 0.3) is 6.08 Å². The Bertz CT molecular complexity index is 938. The summed E-state index contributed by atoms with van der Waals surface area (Å²) in [4.78, 5) is 24.8. The maximum atomic E-state index is 12.1. The number of likely N-dealkylation sites (N-methyl/N-ethyl adjacent to an activating group) is 1. The lowest BCUT2D eigenvalue weighted by Gasteiger charge is -2.14. The third-order valence-electron chi connectivity index (χ3n) is 4.26. The number of rotatable bonds is 6. The number of nitrogens with one attached hydrogen (secondary N) is 1. The van der Waals surface area contributed by atoms with Crippen LogP contribution in [0.5, 0.6) is 11.5 Å². The Morgan fingerprint density at radius 1 is 1.11 bits per heavy atom. The summed E-state index contributed by atoms with van der Waals surface area (Å²) in [6, 6.07) is 11.3. The molecule has 0 radical (unpaired) electrons. The first-order chi connectivity index (χ1) is 13.4. The lowest BCUT2D eigenvalue weighted by Crippen LogP contribution is -2.25. The molecule has 2 aromatic carbocycles. The van der Waals surface area contributed by atoms with E-state index in [2.05, 4.69) is 21.2 Å². The number of urea groups is 1. The van der Waals surface area contributed by atoms with E-state index in [9.17, 15) is 9.59 Å². The van der Waals surface area contributed by atoms with Crippen molar-refractivity contribution in [2.75, 3.05) is 13.7 Å². The van der Waals surface area contributed by atoms with Crippen molar-refractivity contribution in [3.63, 3.8) is 0 Å². The zero-order chi connectivity index (χ0) is 20.3. The zero-order valence-corrected chi connectivity index (χ0v) is 17.5. The lowest BCUT2D eigenvalue weighted by atomic mass is 10.1. The Morgan fingerprint density at radius 2 is 1.79 bits per heavy atom. The van der Waals surface area contributed by atoms with E-state index in [1.165, 1.54) is 12.6 Å². The van der Waals surface area contributed by atoms with Crippen LogP contribution in [0.3, 0.4) is 0 Å². The van der Waals surface area contributed by atoms with Gasteiger partial charge in [-0.25, -0.2) is 4.79 Å². The van der Waals surface area contributed by atoms with Gasteiger partial charge in [-0.2, -0.15) is 0 Å². The predicted octanol–water partition coefficient (Wildman–Crippen LogP) is 4.26. The molecule has 2 aromatic rings. The van der Waals surface area contributed by atoms with E-state index in [-0.39, 0.29) is 11.6 Å². The molecule has 3 amide bonds. The fourth-order valence-electron chi connectivity index (χ4n) is 2.67. The van der Waals surface area contributed by atoms with Gasteiger partial charge in [-0.05, 0) is 43.2 Å². The van der Waals surface area contributed by atoms with Gasteiger partial charge >= 0.3 is 6.03 Å². The van der Waals surface area contributed by atoms with Crippen LogP contribution in [0.15, 0.2) is 46.6 Å². The van der Waals surface area contributed by atoms with Gasteiger partial charge in [0.15, 0.2) is 11.5 Å². The minimum absolute atomic E-state index is 0.212. The number of hydrogen-bond donors (Lipinski definition) is 1. The second-order valence-corrected chi connectivity index (χ2v) is 7.23. The maximum Gasteiger partial charge on any atom is 0.328 e. The van der Waals surface area contributed by atoms with Crippen molar-refractivity contribution in [2.24, 2.45) is 0 Å². The Kier molecular flexibility index (Phi) is 6.04. The number of hydrogen-bond acceptors (Lipinski definition) is 4. The van der Waals surface area contributed by atoms with Crippen molar-refractivity contribution >= 4 is 33.9 Å². The molecule has 1 fully saturated rings. The highest BCUT2D eigenvalue weighted by Gasteiger charge is 2.30.